The SMILES string of the molecule is C=CCNC(=S)N/N=C/c1cc(OC)c(OC(C)=O)c(OC)c1. The molecule has 0 bridgehead atoms. The molecule has 2 N–H and O–H groups in total. The van der Waals surface area contributed by atoms with Crippen LogP contribution in [0.15, 0.2) is 29.9 Å². The number of esters is 1. The lowest BCUT2D eigenvalue weighted by molar-refractivity contribution is -0.132. The zero-order valence-corrected chi connectivity index (χ0v) is 14.0. The van der Waals surface area contributed by atoms with Gasteiger partial charge >= 0.3 is 5.97 Å². The number of nitrogens with one attached hydrogen (secondary N) is 2. The van der Waals surface area contributed by atoms with Crippen LogP contribution in [0, 0.1) is 0 Å². The van der Waals surface area contributed by atoms with E-state index >= 15 is 0 Å². The summed E-state index contributed by atoms with van der Waals surface area (Å²) in [4.78, 5) is 11.2. The van der Waals surface area contributed by atoms with Crippen LogP contribution < -0.4 is 25.0 Å². The molecule has 0 atom stereocenters. The summed E-state index contributed by atoms with van der Waals surface area (Å²) in [6.07, 6.45) is 3.21. The van der Waals surface area contributed by atoms with Crippen molar-refractivity contribution in [2.24, 2.45) is 5.10 Å². The average molecular weight is 337 g/mol. The Morgan fingerprint density at radius 3 is 2.43 bits per heavy atom. The molecule has 0 spiro atoms. The van der Waals surface area contributed by atoms with Crippen molar-refractivity contribution in [2.75, 3.05) is 20.8 Å². The minimum absolute atomic E-state index is 0.218. The van der Waals surface area contributed by atoms with Crippen molar-refractivity contribution in [1.29, 1.82) is 0 Å². The molecule has 0 heterocycles. The van der Waals surface area contributed by atoms with E-state index in [0.29, 0.717) is 28.7 Å². The molecular formula is C15H19N3O4S. The predicted molar refractivity (Wildman–Crippen MR) is 92.4 cm³/mol. The van der Waals surface area contributed by atoms with Gasteiger partial charge in [-0.1, -0.05) is 6.08 Å². The molecule has 0 unspecified atom stereocenters. The number of thiocarbonyl (C=S) groups is 1. The predicted octanol–water partition coefficient (Wildman–Crippen LogP) is 1.61. The van der Waals surface area contributed by atoms with Crippen molar-refractivity contribution in [3.05, 3.63) is 30.4 Å². The summed E-state index contributed by atoms with van der Waals surface area (Å²) >= 11 is 5.01. The first-order chi connectivity index (χ1) is 11.0. The van der Waals surface area contributed by atoms with Crippen LogP contribution in [0.2, 0.25) is 0 Å². The van der Waals surface area contributed by atoms with Gasteiger partial charge in [-0.25, -0.2) is 0 Å². The maximum Gasteiger partial charge on any atom is 0.308 e. The maximum atomic E-state index is 11.2. The molecule has 0 saturated carbocycles. The highest BCUT2D eigenvalue weighted by Crippen LogP contribution is 2.38. The standard InChI is InChI=1S/C15H19N3O4S/c1-5-6-16-15(23)18-17-9-11-7-12(20-3)14(22-10(2)19)13(8-11)21-4/h5,7-9H,1,6H2,2-4H3,(H2,16,18,23)/b17-9+. The highest BCUT2D eigenvalue weighted by atomic mass is 32.1. The smallest absolute Gasteiger partial charge is 0.308 e. The van der Waals surface area contributed by atoms with E-state index in [1.165, 1.54) is 27.4 Å². The Bertz CT molecular complexity index is 592. The molecule has 23 heavy (non-hydrogen) atoms. The Morgan fingerprint density at radius 1 is 1.35 bits per heavy atom. The van der Waals surface area contributed by atoms with Gasteiger partial charge in [-0.05, 0) is 24.4 Å². The van der Waals surface area contributed by atoms with Gasteiger partial charge < -0.3 is 19.5 Å². The molecule has 0 saturated heterocycles. The summed E-state index contributed by atoms with van der Waals surface area (Å²) in [5.41, 5.74) is 3.34. The fourth-order valence-corrected chi connectivity index (χ4v) is 1.72. The fourth-order valence-electron chi connectivity index (χ4n) is 1.59. The first-order valence-electron chi connectivity index (χ1n) is 6.64. The van der Waals surface area contributed by atoms with Crippen molar-refractivity contribution in [3.63, 3.8) is 0 Å². The Hall–Kier alpha value is -2.61. The molecule has 1 aromatic carbocycles. The van der Waals surface area contributed by atoms with Gasteiger partial charge in [0.15, 0.2) is 16.6 Å². The first kappa shape index (κ1) is 18.4. The number of hydrogen-bond acceptors (Lipinski definition) is 6. The monoisotopic (exact) mass is 337 g/mol. The van der Waals surface area contributed by atoms with Crippen LogP contribution in [0.1, 0.15) is 12.5 Å². The second-order valence-corrected chi connectivity index (χ2v) is 4.63. The van der Waals surface area contributed by atoms with Crippen molar-refractivity contribution < 1.29 is 19.0 Å². The fraction of sp³-hybridized carbons (Fsp3) is 0.267. The number of hydrazone groups is 1. The lowest BCUT2D eigenvalue weighted by Crippen LogP contribution is -2.31. The van der Waals surface area contributed by atoms with Crippen LogP contribution in [0.5, 0.6) is 17.2 Å². The molecule has 8 heteroatoms. The van der Waals surface area contributed by atoms with Gasteiger partial charge in [0, 0.05) is 19.0 Å². The molecule has 0 aliphatic carbocycles. The summed E-state index contributed by atoms with van der Waals surface area (Å²) in [6, 6.07) is 3.32. The Balaban J connectivity index is 2.93. The number of carbonyl (C=O) groups is 1. The van der Waals surface area contributed by atoms with Crippen LogP contribution in [0.25, 0.3) is 0 Å². The summed E-state index contributed by atoms with van der Waals surface area (Å²) in [5, 5.41) is 7.25. The van der Waals surface area contributed by atoms with Gasteiger partial charge in [0.05, 0.1) is 20.4 Å². The van der Waals surface area contributed by atoms with E-state index in [4.69, 9.17) is 26.4 Å². The molecule has 124 valence electrons. The first-order valence-corrected chi connectivity index (χ1v) is 7.04. The Morgan fingerprint density at radius 2 is 1.96 bits per heavy atom. The maximum absolute atomic E-state index is 11.2. The topological polar surface area (TPSA) is 81.2 Å². The van der Waals surface area contributed by atoms with Gasteiger partial charge in [-0.3, -0.25) is 10.2 Å². The second kappa shape index (κ2) is 9.42. The van der Waals surface area contributed by atoms with Crippen molar-refractivity contribution in [1.82, 2.24) is 10.7 Å². The van der Waals surface area contributed by atoms with Gasteiger partial charge in [0.2, 0.25) is 5.75 Å². The highest BCUT2D eigenvalue weighted by molar-refractivity contribution is 7.80. The minimum Gasteiger partial charge on any atom is -0.493 e. The van der Waals surface area contributed by atoms with E-state index in [9.17, 15) is 4.79 Å². The third-order valence-electron chi connectivity index (χ3n) is 2.52. The normalized spacial score (nSPS) is 10.0. The van der Waals surface area contributed by atoms with E-state index in [1.807, 2.05) is 0 Å². The third-order valence-corrected chi connectivity index (χ3v) is 2.75. The van der Waals surface area contributed by atoms with E-state index < -0.39 is 5.97 Å². The van der Waals surface area contributed by atoms with Crippen LogP contribution in [0.4, 0.5) is 0 Å². The summed E-state index contributed by atoms with van der Waals surface area (Å²) in [5.74, 6) is 0.459. The van der Waals surface area contributed by atoms with Gasteiger partial charge in [-0.2, -0.15) is 5.10 Å². The summed E-state index contributed by atoms with van der Waals surface area (Å²) in [6.45, 7) is 5.42. The van der Waals surface area contributed by atoms with Crippen molar-refractivity contribution in [2.45, 2.75) is 6.92 Å². The largest absolute Gasteiger partial charge is 0.493 e. The molecule has 0 radical (unpaired) electrons. The lowest BCUT2D eigenvalue weighted by Gasteiger charge is -2.13. The van der Waals surface area contributed by atoms with Crippen molar-refractivity contribution >= 4 is 29.5 Å². The second-order valence-electron chi connectivity index (χ2n) is 4.22. The van der Waals surface area contributed by atoms with Crippen molar-refractivity contribution in [3.8, 4) is 17.2 Å². The number of rotatable bonds is 7. The van der Waals surface area contributed by atoms with E-state index in [2.05, 4.69) is 22.4 Å². The number of carbonyl (C=O) groups excluding carboxylic acids is 1. The number of nitrogens with zero attached hydrogens (tertiary/aromatic N) is 1. The number of ether oxygens (including phenoxy) is 3. The molecule has 0 aliphatic heterocycles. The quantitative estimate of drug-likeness (QED) is 0.195. The molecule has 1 rings (SSSR count). The molecular weight excluding hydrogens is 318 g/mol. The Kier molecular flexibility index (Phi) is 7.55. The van der Waals surface area contributed by atoms with Gasteiger partial charge in [-0.15, -0.1) is 6.58 Å². The molecule has 0 amide bonds. The number of hydrogen-bond donors (Lipinski definition) is 2. The number of methoxy groups -OCH3 is 2. The zero-order valence-electron chi connectivity index (χ0n) is 13.2. The zero-order chi connectivity index (χ0) is 17.2. The van der Waals surface area contributed by atoms with Gasteiger partial charge in [0.1, 0.15) is 0 Å². The summed E-state index contributed by atoms with van der Waals surface area (Å²) < 4.78 is 15.6. The molecule has 0 fully saturated rings. The minimum atomic E-state index is -0.469. The molecule has 0 aliphatic rings. The van der Waals surface area contributed by atoms with E-state index in [1.54, 1.807) is 18.2 Å². The van der Waals surface area contributed by atoms with Crippen LogP contribution in [0.3, 0.4) is 0 Å². The Labute approximate surface area is 140 Å². The molecule has 0 aromatic heterocycles. The average Bonchev–Trinajstić information content (AvgIpc) is 2.53. The van der Waals surface area contributed by atoms with Gasteiger partial charge in [0.25, 0.3) is 0 Å². The van der Waals surface area contributed by atoms with Crippen LogP contribution in [-0.4, -0.2) is 38.1 Å². The summed E-state index contributed by atoms with van der Waals surface area (Å²) in [7, 11) is 2.94. The number of benzene rings is 1. The lowest BCUT2D eigenvalue weighted by atomic mass is 10.2. The molecule has 1 aromatic rings. The molecule has 7 nitrogen and oxygen atoms in total. The van der Waals surface area contributed by atoms with Crippen LogP contribution >= 0.6 is 12.2 Å². The van der Waals surface area contributed by atoms with E-state index in [0.717, 1.165) is 0 Å². The van der Waals surface area contributed by atoms with E-state index in [-0.39, 0.29) is 5.75 Å². The third kappa shape index (κ3) is 5.95. The van der Waals surface area contributed by atoms with Crippen LogP contribution in [-0.2, 0) is 4.79 Å². The highest BCUT2D eigenvalue weighted by Gasteiger charge is 2.15.